The van der Waals surface area contributed by atoms with E-state index in [1.807, 2.05) is 42.5 Å². The maximum atomic E-state index is 13.2. The molecule has 0 amide bonds. The Hall–Kier alpha value is -2.67. The molecule has 2 aromatic heterocycles. The summed E-state index contributed by atoms with van der Waals surface area (Å²) in [6.45, 7) is 4.66. The van der Waals surface area contributed by atoms with E-state index in [4.69, 9.17) is 0 Å². The van der Waals surface area contributed by atoms with Crippen molar-refractivity contribution in [2.75, 3.05) is 0 Å². The maximum absolute atomic E-state index is 13.2. The first-order valence-electron chi connectivity index (χ1n) is 8.89. The lowest BCUT2D eigenvalue weighted by atomic mass is 10.2. The van der Waals surface area contributed by atoms with Crippen LogP contribution in [0.15, 0.2) is 58.5 Å². The second-order valence-corrected chi connectivity index (χ2v) is 7.71. The van der Waals surface area contributed by atoms with Crippen LogP contribution in [0.1, 0.15) is 31.1 Å². The summed E-state index contributed by atoms with van der Waals surface area (Å²) in [5.74, 6) is 0.299. The molecular formula is C20H19FN4OS. The highest BCUT2D eigenvalue weighted by Gasteiger charge is 2.18. The third-order valence-corrected chi connectivity index (χ3v) is 5.65. The van der Waals surface area contributed by atoms with Gasteiger partial charge in [0, 0.05) is 11.8 Å². The van der Waals surface area contributed by atoms with Crippen LogP contribution in [0.2, 0.25) is 0 Å². The van der Waals surface area contributed by atoms with Crippen molar-refractivity contribution in [2.45, 2.75) is 37.2 Å². The molecule has 0 saturated carbocycles. The molecule has 0 radical (unpaired) electrons. The number of aromatic nitrogens is 4. The van der Waals surface area contributed by atoms with Crippen LogP contribution < -0.4 is 5.56 Å². The standard InChI is InChI=1S/C20H19FN4OS/c1-3-12-24-18(26)16-6-4-5-7-17(16)25-19(24)22-23-20(25)27-13(2)14-8-10-15(21)11-9-14/h4-11,13H,3,12H2,1-2H3. The van der Waals surface area contributed by atoms with E-state index in [0.717, 1.165) is 17.5 Å². The van der Waals surface area contributed by atoms with Crippen LogP contribution in [0.5, 0.6) is 0 Å². The number of halogens is 1. The molecule has 5 nitrogen and oxygen atoms in total. The fourth-order valence-corrected chi connectivity index (χ4v) is 4.18. The molecule has 0 fully saturated rings. The van der Waals surface area contributed by atoms with E-state index >= 15 is 0 Å². The first kappa shape index (κ1) is 17.7. The largest absolute Gasteiger partial charge is 0.276 e. The van der Waals surface area contributed by atoms with Gasteiger partial charge in [0.2, 0.25) is 5.78 Å². The second-order valence-electron chi connectivity index (χ2n) is 6.40. The van der Waals surface area contributed by atoms with Gasteiger partial charge in [0.1, 0.15) is 5.82 Å². The number of hydrogen-bond acceptors (Lipinski definition) is 4. The molecule has 4 rings (SSSR count). The van der Waals surface area contributed by atoms with Gasteiger partial charge in [-0.3, -0.25) is 13.8 Å². The molecule has 1 atom stereocenters. The maximum Gasteiger partial charge on any atom is 0.262 e. The monoisotopic (exact) mass is 382 g/mol. The minimum Gasteiger partial charge on any atom is -0.276 e. The highest BCUT2D eigenvalue weighted by molar-refractivity contribution is 7.99. The highest BCUT2D eigenvalue weighted by atomic mass is 32.2. The second kappa shape index (κ2) is 7.15. The number of nitrogens with zero attached hydrogens (tertiary/aromatic N) is 4. The molecule has 4 aromatic rings. The van der Waals surface area contributed by atoms with Crippen LogP contribution in [0, 0.1) is 5.82 Å². The zero-order valence-corrected chi connectivity index (χ0v) is 15.9. The highest BCUT2D eigenvalue weighted by Crippen LogP contribution is 2.34. The number of benzene rings is 2. The number of aryl methyl sites for hydroxylation is 1. The van der Waals surface area contributed by atoms with E-state index in [-0.39, 0.29) is 16.6 Å². The van der Waals surface area contributed by atoms with Gasteiger partial charge in [0.25, 0.3) is 5.56 Å². The number of fused-ring (bicyclic) bond motifs is 3. The van der Waals surface area contributed by atoms with E-state index in [9.17, 15) is 9.18 Å². The van der Waals surface area contributed by atoms with Crippen molar-refractivity contribution in [3.05, 3.63) is 70.3 Å². The summed E-state index contributed by atoms with van der Waals surface area (Å²) >= 11 is 1.54. The van der Waals surface area contributed by atoms with Crippen molar-refractivity contribution in [3.8, 4) is 0 Å². The summed E-state index contributed by atoms with van der Waals surface area (Å²) in [4.78, 5) is 12.9. The lowest BCUT2D eigenvalue weighted by molar-refractivity contribution is 0.627. The van der Waals surface area contributed by atoms with Crippen molar-refractivity contribution in [2.24, 2.45) is 0 Å². The Morgan fingerprint density at radius 3 is 2.59 bits per heavy atom. The van der Waals surface area contributed by atoms with Crippen molar-refractivity contribution >= 4 is 28.4 Å². The quantitative estimate of drug-likeness (QED) is 0.479. The van der Waals surface area contributed by atoms with Gasteiger partial charge in [-0.05, 0) is 43.2 Å². The molecule has 1 unspecified atom stereocenters. The fraction of sp³-hybridized carbons (Fsp3) is 0.250. The fourth-order valence-electron chi connectivity index (χ4n) is 3.20. The normalized spacial score (nSPS) is 12.7. The molecule has 0 spiro atoms. The summed E-state index contributed by atoms with van der Waals surface area (Å²) in [6.07, 6.45) is 0.829. The number of hydrogen-bond donors (Lipinski definition) is 0. The molecule has 0 aliphatic rings. The van der Waals surface area contributed by atoms with Gasteiger partial charge in [-0.25, -0.2) is 4.39 Å². The minimum atomic E-state index is -0.251. The van der Waals surface area contributed by atoms with Crippen LogP contribution in [0.3, 0.4) is 0 Å². The van der Waals surface area contributed by atoms with Crippen LogP contribution in [0.25, 0.3) is 16.7 Å². The van der Waals surface area contributed by atoms with Crippen LogP contribution >= 0.6 is 11.8 Å². The van der Waals surface area contributed by atoms with Crippen LogP contribution in [0.4, 0.5) is 4.39 Å². The molecule has 0 aliphatic carbocycles. The molecule has 0 N–H and O–H groups in total. The van der Waals surface area contributed by atoms with Crippen molar-refractivity contribution in [1.29, 1.82) is 0 Å². The molecule has 2 aromatic carbocycles. The third kappa shape index (κ3) is 3.12. The van der Waals surface area contributed by atoms with Gasteiger partial charge >= 0.3 is 0 Å². The summed E-state index contributed by atoms with van der Waals surface area (Å²) in [5.41, 5.74) is 1.75. The topological polar surface area (TPSA) is 52.2 Å². The Balaban J connectivity index is 1.87. The Morgan fingerprint density at radius 1 is 1.11 bits per heavy atom. The minimum absolute atomic E-state index is 0.0458. The smallest absolute Gasteiger partial charge is 0.262 e. The first-order chi connectivity index (χ1) is 13.1. The Morgan fingerprint density at radius 2 is 1.85 bits per heavy atom. The van der Waals surface area contributed by atoms with Gasteiger partial charge in [0.05, 0.1) is 10.9 Å². The molecule has 138 valence electrons. The third-order valence-electron chi connectivity index (χ3n) is 4.55. The molecule has 0 bridgehead atoms. The van der Waals surface area contributed by atoms with E-state index in [1.165, 1.54) is 23.9 Å². The van der Waals surface area contributed by atoms with Gasteiger partial charge < -0.3 is 0 Å². The Labute approximate surface area is 159 Å². The lowest BCUT2D eigenvalue weighted by Gasteiger charge is -2.13. The number of thioether (sulfide) groups is 1. The number of para-hydroxylation sites is 1. The lowest BCUT2D eigenvalue weighted by Crippen LogP contribution is -2.23. The van der Waals surface area contributed by atoms with Gasteiger partial charge in [-0.1, -0.05) is 43.0 Å². The predicted octanol–water partition coefficient (Wildman–Crippen LogP) is 4.45. The Kier molecular flexibility index (Phi) is 4.70. The van der Waals surface area contributed by atoms with E-state index in [1.54, 1.807) is 16.7 Å². The molecule has 0 aliphatic heterocycles. The van der Waals surface area contributed by atoms with Crippen molar-refractivity contribution in [3.63, 3.8) is 0 Å². The van der Waals surface area contributed by atoms with E-state index in [0.29, 0.717) is 22.9 Å². The molecule has 0 saturated heterocycles. The zero-order chi connectivity index (χ0) is 19.0. The summed E-state index contributed by atoms with van der Waals surface area (Å²) in [5, 5.41) is 10.1. The van der Waals surface area contributed by atoms with Gasteiger partial charge in [0.15, 0.2) is 5.16 Å². The Bertz CT molecular complexity index is 1170. The van der Waals surface area contributed by atoms with Gasteiger partial charge in [-0.2, -0.15) is 0 Å². The molecular weight excluding hydrogens is 363 g/mol. The average Bonchev–Trinajstić information content (AvgIpc) is 3.09. The SMILES string of the molecule is CCCn1c(=O)c2ccccc2n2c(SC(C)c3ccc(F)cc3)nnc12. The molecule has 2 heterocycles. The first-order valence-corrected chi connectivity index (χ1v) is 9.77. The summed E-state index contributed by atoms with van der Waals surface area (Å²) in [7, 11) is 0. The van der Waals surface area contributed by atoms with Crippen LogP contribution in [-0.4, -0.2) is 19.2 Å². The van der Waals surface area contributed by atoms with E-state index < -0.39 is 0 Å². The van der Waals surface area contributed by atoms with E-state index in [2.05, 4.69) is 10.2 Å². The summed E-state index contributed by atoms with van der Waals surface area (Å²) < 4.78 is 16.8. The van der Waals surface area contributed by atoms with Crippen LogP contribution in [-0.2, 0) is 6.54 Å². The average molecular weight is 382 g/mol. The zero-order valence-electron chi connectivity index (χ0n) is 15.1. The summed E-state index contributed by atoms with van der Waals surface area (Å²) in [6, 6.07) is 14.0. The predicted molar refractivity (Wildman–Crippen MR) is 106 cm³/mol. The van der Waals surface area contributed by atoms with Gasteiger partial charge in [-0.15, -0.1) is 10.2 Å². The van der Waals surface area contributed by atoms with Crippen molar-refractivity contribution in [1.82, 2.24) is 19.2 Å². The molecule has 27 heavy (non-hydrogen) atoms. The molecule has 7 heteroatoms. The van der Waals surface area contributed by atoms with Crippen molar-refractivity contribution < 1.29 is 4.39 Å². The number of rotatable bonds is 5.